The maximum atomic E-state index is 11.2. The fraction of sp³-hybridized carbons (Fsp3) is 1.00. The second kappa shape index (κ2) is 5.85. The maximum absolute atomic E-state index is 11.2. The van der Waals surface area contributed by atoms with E-state index in [0.717, 1.165) is 31.3 Å². The first-order chi connectivity index (χ1) is 7.05. The molecule has 0 aromatic rings. The lowest BCUT2D eigenvalue weighted by Crippen LogP contribution is -2.25. The highest BCUT2D eigenvalue weighted by atomic mass is 32.2. The van der Waals surface area contributed by atoms with Crippen LogP contribution in [-0.4, -0.2) is 33.0 Å². The lowest BCUT2D eigenvalue weighted by Gasteiger charge is -2.10. The molecule has 0 amide bonds. The van der Waals surface area contributed by atoms with Gasteiger partial charge in [0.2, 0.25) is 0 Å². The Morgan fingerprint density at radius 1 is 1.40 bits per heavy atom. The van der Waals surface area contributed by atoms with Crippen molar-refractivity contribution in [3.8, 4) is 0 Å². The first-order valence-corrected chi connectivity index (χ1v) is 7.78. The van der Waals surface area contributed by atoms with Crippen LogP contribution in [0, 0.1) is 11.8 Å². The third kappa shape index (κ3) is 5.52. The SMILES string of the molecule is CCS(=O)(=O)CCCNCC(C)C1CC1. The molecule has 1 atom stereocenters. The van der Waals surface area contributed by atoms with Gasteiger partial charge in [0.05, 0.1) is 5.75 Å². The van der Waals surface area contributed by atoms with Crippen LogP contribution in [-0.2, 0) is 9.84 Å². The van der Waals surface area contributed by atoms with Crippen LogP contribution in [0.4, 0.5) is 0 Å². The summed E-state index contributed by atoms with van der Waals surface area (Å²) in [6.45, 7) is 5.85. The molecular formula is C11H23NO2S. The number of hydrogen-bond donors (Lipinski definition) is 1. The van der Waals surface area contributed by atoms with Crippen LogP contribution >= 0.6 is 0 Å². The van der Waals surface area contributed by atoms with Crippen LogP contribution in [0.3, 0.4) is 0 Å². The summed E-state index contributed by atoms with van der Waals surface area (Å²) < 4.78 is 22.4. The summed E-state index contributed by atoms with van der Waals surface area (Å²) in [4.78, 5) is 0. The van der Waals surface area contributed by atoms with E-state index in [0.29, 0.717) is 5.75 Å². The van der Waals surface area contributed by atoms with Crippen molar-refractivity contribution < 1.29 is 8.42 Å². The minimum absolute atomic E-state index is 0.269. The Labute approximate surface area is 93.6 Å². The van der Waals surface area contributed by atoms with Crippen LogP contribution < -0.4 is 5.32 Å². The largest absolute Gasteiger partial charge is 0.316 e. The molecule has 1 fully saturated rings. The van der Waals surface area contributed by atoms with Gasteiger partial charge in [-0.15, -0.1) is 0 Å². The van der Waals surface area contributed by atoms with Gasteiger partial charge in [0.15, 0.2) is 0 Å². The topological polar surface area (TPSA) is 46.2 Å². The molecule has 0 spiro atoms. The minimum atomic E-state index is -2.76. The molecule has 0 heterocycles. The molecule has 0 saturated heterocycles. The number of nitrogens with one attached hydrogen (secondary N) is 1. The van der Waals surface area contributed by atoms with Crippen LogP contribution in [0.1, 0.15) is 33.1 Å². The summed E-state index contributed by atoms with van der Waals surface area (Å²) in [5, 5.41) is 3.34. The fourth-order valence-electron chi connectivity index (χ4n) is 1.72. The highest BCUT2D eigenvalue weighted by molar-refractivity contribution is 7.91. The third-order valence-corrected chi connectivity index (χ3v) is 4.93. The zero-order valence-electron chi connectivity index (χ0n) is 9.83. The predicted molar refractivity (Wildman–Crippen MR) is 63.7 cm³/mol. The van der Waals surface area contributed by atoms with Gasteiger partial charge in [0.25, 0.3) is 0 Å². The molecule has 1 unspecified atom stereocenters. The summed E-state index contributed by atoms with van der Waals surface area (Å²) in [6.07, 6.45) is 3.51. The average molecular weight is 233 g/mol. The van der Waals surface area contributed by atoms with Gasteiger partial charge >= 0.3 is 0 Å². The van der Waals surface area contributed by atoms with E-state index in [1.165, 1.54) is 12.8 Å². The molecule has 90 valence electrons. The van der Waals surface area contributed by atoms with Gasteiger partial charge in [-0.2, -0.15) is 0 Å². The third-order valence-electron chi connectivity index (χ3n) is 3.14. The van der Waals surface area contributed by atoms with Crippen molar-refractivity contribution in [2.45, 2.75) is 33.1 Å². The van der Waals surface area contributed by atoms with E-state index in [9.17, 15) is 8.42 Å². The first-order valence-electron chi connectivity index (χ1n) is 5.96. The molecule has 0 aliphatic heterocycles. The molecule has 0 radical (unpaired) electrons. The normalized spacial score (nSPS) is 19.1. The monoisotopic (exact) mass is 233 g/mol. The summed E-state index contributed by atoms with van der Waals surface area (Å²) >= 11 is 0. The molecule has 1 rings (SSSR count). The molecule has 4 heteroatoms. The molecule has 1 saturated carbocycles. The van der Waals surface area contributed by atoms with E-state index in [4.69, 9.17) is 0 Å². The molecule has 1 aliphatic rings. The standard InChI is InChI=1S/C11H23NO2S/c1-3-15(13,14)8-4-7-12-9-10(2)11-5-6-11/h10-12H,3-9H2,1-2H3. The number of hydrogen-bond acceptors (Lipinski definition) is 3. The van der Waals surface area contributed by atoms with Gasteiger partial charge in [-0.1, -0.05) is 13.8 Å². The lowest BCUT2D eigenvalue weighted by atomic mass is 10.1. The average Bonchev–Trinajstić information content (AvgIpc) is 3.00. The second-order valence-corrected chi connectivity index (χ2v) is 7.08. The second-order valence-electron chi connectivity index (χ2n) is 4.61. The smallest absolute Gasteiger partial charge is 0.150 e. The van der Waals surface area contributed by atoms with Crippen LogP contribution in [0.2, 0.25) is 0 Å². The predicted octanol–water partition coefficient (Wildman–Crippen LogP) is 1.45. The Balaban J connectivity index is 1.97. The number of rotatable bonds is 8. The van der Waals surface area contributed by atoms with Gasteiger partial charge < -0.3 is 5.32 Å². The van der Waals surface area contributed by atoms with E-state index in [1.807, 2.05) is 0 Å². The van der Waals surface area contributed by atoms with E-state index < -0.39 is 9.84 Å². The molecule has 1 aliphatic carbocycles. The van der Waals surface area contributed by atoms with Crippen molar-refractivity contribution in [3.05, 3.63) is 0 Å². The van der Waals surface area contributed by atoms with Crippen LogP contribution in [0.5, 0.6) is 0 Å². The lowest BCUT2D eigenvalue weighted by molar-refractivity contribution is 0.462. The summed E-state index contributed by atoms with van der Waals surface area (Å²) in [7, 11) is -2.76. The molecule has 1 N–H and O–H groups in total. The Morgan fingerprint density at radius 3 is 2.60 bits per heavy atom. The van der Waals surface area contributed by atoms with Crippen molar-refractivity contribution in [3.63, 3.8) is 0 Å². The molecule has 0 bridgehead atoms. The Bertz CT molecular complexity index is 270. The molecule has 15 heavy (non-hydrogen) atoms. The molecule has 3 nitrogen and oxygen atoms in total. The Morgan fingerprint density at radius 2 is 2.07 bits per heavy atom. The van der Waals surface area contributed by atoms with Crippen molar-refractivity contribution in [1.29, 1.82) is 0 Å². The summed E-state index contributed by atoms with van der Waals surface area (Å²) in [5.74, 6) is 2.28. The van der Waals surface area contributed by atoms with Crippen molar-refractivity contribution in [1.82, 2.24) is 5.32 Å². The molecule has 0 aromatic carbocycles. The quantitative estimate of drug-likeness (QED) is 0.645. The van der Waals surface area contributed by atoms with Crippen LogP contribution in [0.15, 0.2) is 0 Å². The van der Waals surface area contributed by atoms with Gasteiger partial charge in [-0.05, 0) is 44.2 Å². The van der Waals surface area contributed by atoms with Crippen molar-refractivity contribution in [2.24, 2.45) is 11.8 Å². The molecule has 0 aromatic heterocycles. The zero-order valence-corrected chi connectivity index (χ0v) is 10.6. The van der Waals surface area contributed by atoms with E-state index in [1.54, 1.807) is 6.92 Å². The van der Waals surface area contributed by atoms with E-state index >= 15 is 0 Å². The first kappa shape index (κ1) is 13.0. The van der Waals surface area contributed by atoms with Crippen molar-refractivity contribution >= 4 is 9.84 Å². The van der Waals surface area contributed by atoms with Gasteiger partial charge in [0.1, 0.15) is 9.84 Å². The van der Waals surface area contributed by atoms with E-state index in [-0.39, 0.29) is 5.75 Å². The zero-order chi connectivity index (χ0) is 11.3. The summed E-state index contributed by atoms with van der Waals surface area (Å²) in [5.41, 5.74) is 0. The van der Waals surface area contributed by atoms with Gasteiger partial charge in [-0.3, -0.25) is 0 Å². The van der Waals surface area contributed by atoms with E-state index in [2.05, 4.69) is 12.2 Å². The highest BCUT2D eigenvalue weighted by Crippen LogP contribution is 2.35. The maximum Gasteiger partial charge on any atom is 0.150 e. The minimum Gasteiger partial charge on any atom is -0.316 e. The van der Waals surface area contributed by atoms with Gasteiger partial charge in [-0.25, -0.2) is 8.42 Å². The van der Waals surface area contributed by atoms with Crippen LogP contribution in [0.25, 0.3) is 0 Å². The summed E-state index contributed by atoms with van der Waals surface area (Å²) in [6, 6.07) is 0. The Hall–Kier alpha value is -0.0900. The molecular weight excluding hydrogens is 210 g/mol. The fourth-order valence-corrected chi connectivity index (χ4v) is 2.60. The van der Waals surface area contributed by atoms with Crippen molar-refractivity contribution in [2.75, 3.05) is 24.6 Å². The Kier molecular flexibility index (Phi) is 5.06. The highest BCUT2D eigenvalue weighted by Gasteiger charge is 2.27. The number of sulfone groups is 1. The van der Waals surface area contributed by atoms with Gasteiger partial charge in [0, 0.05) is 5.75 Å².